The van der Waals surface area contributed by atoms with E-state index in [2.05, 4.69) is 69.4 Å². The Morgan fingerprint density at radius 3 is 1.03 bits per heavy atom. The first-order chi connectivity index (χ1) is 30.6. The van der Waals surface area contributed by atoms with Crippen molar-refractivity contribution in [2.75, 3.05) is 19.8 Å². The molecule has 0 N–H and O–H groups in total. The molecule has 0 aromatic carbocycles. The highest BCUT2D eigenvalue weighted by Crippen LogP contribution is 2.16. The molecule has 5 heteroatoms. The predicted octanol–water partition coefficient (Wildman–Crippen LogP) is 18.3. The quantitative estimate of drug-likeness (QED) is 0.0346. The molecule has 0 fully saturated rings. The molecule has 1 atom stereocenters. The van der Waals surface area contributed by atoms with Crippen molar-refractivity contribution in [1.82, 2.24) is 0 Å². The summed E-state index contributed by atoms with van der Waals surface area (Å²) >= 11 is 0. The highest BCUT2D eigenvalue weighted by atomic mass is 16.6. The van der Waals surface area contributed by atoms with Crippen LogP contribution in [-0.2, 0) is 23.8 Å². The van der Waals surface area contributed by atoms with Crippen molar-refractivity contribution in [3.63, 3.8) is 0 Å². The van der Waals surface area contributed by atoms with Crippen molar-refractivity contribution in [3.8, 4) is 0 Å². The molecule has 0 aliphatic rings. The standard InChI is InChI=1S/C57H104O5/c1-4-7-10-13-16-19-22-25-28-31-34-37-40-43-46-49-52-60-55(53-61-56(58)50-47-44-41-38-35-32-29-26-23-20-17-14-11-8-5-2)54-62-57(59)51-48-45-42-39-36-33-30-27-24-21-18-15-12-9-6-3/h8,11,17,20,26,29,35,38,55H,4-7,9-10,12-16,18-19,21-25,27-28,30-34,36-37,39-54H2,1-3H3/b11-8-,20-17-,29-26-,38-35-/t55-/m1/s1. The smallest absolute Gasteiger partial charge is 0.305 e. The lowest BCUT2D eigenvalue weighted by Crippen LogP contribution is -2.29. The Hall–Kier alpha value is -2.14. The summed E-state index contributed by atoms with van der Waals surface area (Å²) in [5, 5.41) is 0. The first kappa shape index (κ1) is 59.9. The van der Waals surface area contributed by atoms with Crippen LogP contribution < -0.4 is 0 Å². The maximum Gasteiger partial charge on any atom is 0.305 e. The van der Waals surface area contributed by atoms with Crippen molar-refractivity contribution in [1.29, 1.82) is 0 Å². The average Bonchev–Trinajstić information content (AvgIpc) is 3.28. The van der Waals surface area contributed by atoms with Gasteiger partial charge in [-0.1, -0.05) is 256 Å². The summed E-state index contributed by atoms with van der Waals surface area (Å²) < 4.78 is 17.4. The van der Waals surface area contributed by atoms with Crippen molar-refractivity contribution >= 4 is 11.9 Å². The van der Waals surface area contributed by atoms with E-state index < -0.39 is 6.10 Å². The van der Waals surface area contributed by atoms with Gasteiger partial charge < -0.3 is 14.2 Å². The molecule has 0 aromatic heterocycles. The number of allylic oxidation sites excluding steroid dienone is 8. The number of carbonyl (C=O) groups is 2. The average molecular weight is 869 g/mol. The fourth-order valence-electron chi connectivity index (χ4n) is 7.83. The Kier molecular flexibility index (Phi) is 51.4. The molecule has 62 heavy (non-hydrogen) atoms. The van der Waals surface area contributed by atoms with Gasteiger partial charge in [0, 0.05) is 19.4 Å². The van der Waals surface area contributed by atoms with Gasteiger partial charge in [0.25, 0.3) is 0 Å². The number of carbonyl (C=O) groups excluding carboxylic acids is 2. The summed E-state index contributed by atoms with van der Waals surface area (Å²) in [6, 6.07) is 0. The van der Waals surface area contributed by atoms with Crippen LogP contribution in [0.1, 0.15) is 278 Å². The van der Waals surface area contributed by atoms with Gasteiger partial charge >= 0.3 is 11.9 Å². The van der Waals surface area contributed by atoms with Gasteiger partial charge in [0.15, 0.2) is 0 Å². The Morgan fingerprint density at radius 2 is 0.661 bits per heavy atom. The molecule has 0 radical (unpaired) electrons. The summed E-state index contributed by atoms with van der Waals surface area (Å²) in [5.74, 6) is -0.367. The van der Waals surface area contributed by atoms with Gasteiger partial charge in [-0.25, -0.2) is 0 Å². The minimum Gasteiger partial charge on any atom is -0.463 e. The van der Waals surface area contributed by atoms with E-state index in [9.17, 15) is 9.59 Å². The Labute approximate surface area is 386 Å². The minimum atomic E-state index is -0.412. The third kappa shape index (κ3) is 50.5. The monoisotopic (exact) mass is 869 g/mol. The molecule has 0 saturated carbocycles. The van der Waals surface area contributed by atoms with Crippen LogP contribution in [0.4, 0.5) is 0 Å². The lowest BCUT2D eigenvalue weighted by Gasteiger charge is -2.18. The number of unbranched alkanes of at least 4 members (excludes halogenated alkanes) is 31. The Bertz CT molecular complexity index is 1030. The fraction of sp³-hybridized carbons (Fsp3) is 0.825. The van der Waals surface area contributed by atoms with Crippen molar-refractivity contribution in [2.24, 2.45) is 0 Å². The second-order valence-corrected chi connectivity index (χ2v) is 18.1. The van der Waals surface area contributed by atoms with Crippen LogP contribution in [0.2, 0.25) is 0 Å². The first-order valence-corrected chi connectivity index (χ1v) is 27.2. The van der Waals surface area contributed by atoms with Crippen LogP contribution in [0.5, 0.6) is 0 Å². The van der Waals surface area contributed by atoms with E-state index in [0.717, 1.165) is 70.6 Å². The van der Waals surface area contributed by atoms with Gasteiger partial charge in [-0.2, -0.15) is 0 Å². The lowest BCUT2D eigenvalue weighted by molar-refractivity contribution is -0.155. The number of hydrogen-bond donors (Lipinski definition) is 0. The second-order valence-electron chi connectivity index (χ2n) is 18.1. The highest BCUT2D eigenvalue weighted by Gasteiger charge is 2.16. The van der Waals surface area contributed by atoms with Gasteiger partial charge in [-0.3, -0.25) is 9.59 Å². The minimum absolute atomic E-state index is 0.140. The Morgan fingerprint density at radius 1 is 0.355 bits per heavy atom. The van der Waals surface area contributed by atoms with Crippen LogP contribution in [0, 0.1) is 0 Å². The van der Waals surface area contributed by atoms with Gasteiger partial charge in [0.05, 0.1) is 0 Å². The van der Waals surface area contributed by atoms with E-state index in [1.54, 1.807) is 0 Å². The van der Waals surface area contributed by atoms with E-state index >= 15 is 0 Å². The van der Waals surface area contributed by atoms with E-state index in [-0.39, 0.29) is 25.2 Å². The zero-order valence-corrected chi connectivity index (χ0v) is 41.6. The van der Waals surface area contributed by atoms with Crippen molar-refractivity contribution in [2.45, 2.75) is 284 Å². The van der Waals surface area contributed by atoms with E-state index in [1.165, 1.54) is 173 Å². The molecular weight excluding hydrogens is 765 g/mol. The van der Waals surface area contributed by atoms with Crippen LogP contribution in [-0.4, -0.2) is 37.9 Å². The molecule has 0 spiro atoms. The molecule has 0 aromatic rings. The zero-order chi connectivity index (χ0) is 44.9. The number of hydrogen-bond acceptors (Lipinski definition) is 5. The van der Waals surface area contributed by atoms with E-state index in [1.807, 2.05) is 0 Å². The zero-order valence-electron chi connectivity index (χ0n) is 41.6. The van der Waals surface area contributed by atoms with Gasteiger partial charge in [0.2, 0.25) is 0 Å². The van der Waals surface area contributed by atoms with Crippen molar-refractivity contribution < 1.29 is 23.8 Å². The molecule has 0 amide bonds. The van der Waals surface area contributed by atoms with Gasteiger partial charge in [0.1, 0.15) is 19.3 Å². The molecule has 0 unspecified atom stereocenters. The maximum atomic E-state index is 12.6. The van der Waals surface area contributed by atoms with Crippen LogP contribution in [0.3, 0.4) is 0 Å². The van der Waals surface area contributed by atoms with E-state index in [0.29, 0.717) is 19.4 Å². The van der Waals surface area contributed by atoms with Gasteiger partial charge in [-0.05, 0) is 57.8 Å². The summed E-state index contributed by atoms with van der Waals surface area (Å²) in [6.45, 7) is 7.62. The summed E-state index contributed by atoms with van der Waals surface area (Å²) in [4.78, 5) is 25.2. The third-order valence-electron chi connectivity index (χ3n) is 11.9. The highest BCUT2D eigenvalue weighted by molar-refractivity contribution is 5.69. The first-order valence-electron chi connectivity index (χ1n) is 27.2. The fourth-order valence-corrected chi connectivity index (χ4v) is 7.83. The molecule has 0 aliphatic heterocycles. The van der Waals surface area contributed by atoms with Crippen LogP contribution >= 0.6 is 0 Å². The molecule has 0 rings (SSSR count). The number of rotatable bonds is 50. The van der Waals surface area contributed by atoms with E-state index in [4.69, 9.17) is 14.2 Å². The summed E-state index contributed by atoms with van der Waals surface area (Å²) in [5.41, 5.74) is 0. The maximum absolute atomic E-state index is 12.6. The molecule has 0 saturated heterocycles. The molecule has 0 bridgehead atoms. The molecule has 5 nitrogen and oxygen atoms in total. The molecule has 0 heterocycles. The van der Waals surface area contributed by atoms with Crippen molar-refractivity contribution in [3.05, 3.63) is 48.6 Å². The lowest BCUT2D eigenvalue weighted by atomic mass is 10.0. The predicted molar refractivity (Wildman–Crippen MR) is 270 cm³/mol. The van der Waals surface area contributed by atoms with Crippen LogP contribution in [0.15, 0.2) is 48.6 Å². The third-order valence-corrected chi connectivity index (χ3v) is 11.9. The summed E-state index contributed by atoms with van der Waals surface area (Å²) in [6.07, 6.45) is 65.8. The molecule has 362 valence electrons. The van der Waals surface area contributed by atoms with Gasteiger partial charge in [-0.15, -0.1) is 0 Å². The normalized spacial score (nSPS) is 12.5. The number of ether oxygens (including phenoxy) is 3. The molecule has 0 aliphatic carbocycles. The Balaban J connectivity index is 4.28. The number of esters is 2. The largest absolute Gasteiger partial charge is 0.463 e. The SMILES string of the molecule is CC/C=C\C/C=C\C/C=C\C/C=C\CCCCC(=O)OC[C@H](COC(=O)CCCCCCCCCCCCCCCCC)OCCCCCCCCCCCCCCCCCC. The van der Waals surface area contributed by atoms with Crippen LogP contribution in [0.25, 0.3) is 0 Å². The summed E-state index contributed by atoms with van der Waals surface area (Å²) in [7, 11) is 0. The second kappa shape index (κ2) is 53.2. The molecular formula is C57H104O5. The topological polar surface area (TPSA) is 61.8 Å².